The number of rotatable bonds is 4. The molecule has 1 aliphatic rings. The van der Waals surface area contributed by atoms with Gasteiger partial charge >= 0.3 is 0 Å². The lowest BCUT2D eigenvalue weighted by Crippen LogP contribution is -2.31. The minimum atomic E-state index is 0.302. The normalized spacial score (nSPS) is 19.9. The van der Waals surface area contributed by atoms with E-state index in [9.17, 15) is 0 Å². The summed E-state index contributed by atoms with van der Waals surface area (Å²) in [7, 11) is 0. The molecule has 1 aliphatic heterocycles. The average molecular weight is 260 g/mol. The molecule has 0 atom stereocenters. The monoisotopic (exact) mass is 259 g/mol. The number of halogens is 1. The molecule has 90 valence electrons. The molecule has 2 nitrogen and oxygen atoms in total. The highest BCUT2D eigenvalue weighted by Crippen LogP contribution is 2.37. The summed E-state index contributed by atoms with van der Waals surface area (Å²) in [5.74, 6) is 0.758. The first-order valence-corrected chi connectivity index (χ1v) is 7.20. The quantitative estimate of drug-likeness (QED) is 0.773. The van der Waals surface area contributed by atoms with Gasteiger partial charge in [-0.3, -0.25) is 0 Å². The van der Waals surface area contributed by atoms with Gasteiger partial charge in [0.1, 0.15) is 0 Å². The molecule has 1 saturated heterocycles. The van der Waals surface area contributed by atoms with Gasteiger partial charge < -0.3 is 4.74 Å². The highest BCUT2D eigenvalue weighted by molar-refractivity contribution is 7.09. The van der Waals surface area contributed by atoms with Gasteiger partial charge in [0.25, 0.3) is 0 Å². The first-order chi connectivity index (χ1) is 7.76. The lowest BCUT2D eigenvalue weighted by Gasteiger charge is -2.35. The molecule has 0 N–H and O–H groups in total. The van der Waals surface area contributed by atoms with Gasteiger partial charge in [0, 0.05) is 24.0 Å². The zero-order chi connectivity index (χ0) is 11.4. The average Bonchev–Trinajstić information content (AvgIpc) is 2.74. The smallest absolute Gasteiger partial charge is 0.0797 e. The molecular formula is C12H18ClNOS. The number of thiazole rings is 1. The van der Waals surface area contributed by atoms with Gasteiger partial charge in [-0.25, -0.2) is 4.98 Å². The Morgan fingerprint density at radius 3 is 2.81 bits per heavy atom. The third-order valence-electron chi connectivity index (χ3n) is 3.56. The van der Waals surface area contributed by atoms with E-state index in [2.05, 4.69) is 11.9 Å². The van der Waals surface area contributed by atoms with E-state index in [1.54, 1.807) is 11.3 Å². The number of nitrogens with zero attached hydrogens (tertiary/aromatic N) is 1. The Bertz CT molecular complexity index is 334. The van der Waals surface area contributed by atoms with Crippen molar-refractivity contribution in [1.29, 1.82) is 0 Å². The summed E-state index contributed by atoms with van der Waals surface area (Å²) in [6.07, 6.45) is 4.49. The molecule has 0 spiro atoms. The topological polar surface area (TPSA) is 22.1 Å². The van der Waals surface area contributed by atoms with Gasteiger partial charge in [0.2, 0.25) is 0 Å². The van der Waals surface area contributed by atoms with Crippen molar-refractivity contribution in [2.24, 2.45) is 5.41 Å². The number of hydrogen-bond acceptors (Lipinski definition) is 3. The highest BCUT2D eigenvalue weighted by Gasteiger charge is 2.31. The molecule has 0 bridgehead atoms. The zero-order valence-electron chi connectivity index (χ0n) is 9.67. The standard InChI is InChI=1S/C12H18ClNOS/c1-10-11(16-9-14-10)2-3-12(8-13)4-6-15-7-5-12/h9H,2-8H2,1H3. The van der Waals surface area contributed by atoms with Crippen LogP contribution in [-0.2, 0) is 11.2 Å². The molecule has 2 rings (SSSR count). The third-order valence-corrected chi connectivity index (χ3v) is 5.13. The van der Waals surface area contributed by atoms with Gasteiger partial charge in [-0.15, -0.1) is 22.9 Å². The van der Waals surface area contributed by atoms with Gasteiger partial charge in [-0.2, -0.15) is 0 Å². The van der Waals surface area contributed by atoms with Crippen molar-refractivity contribution in [2.45, 2.75) is 32.6 Å². The number of hydrogen-bond donors (Lipinski definition) is 0. The Morgan fingerprint density at radius 1 is 1.50 bits per heavy atom. The predicted molar refractivity (Wildman–Crippen MR) is 68.4 cm³/mol. The summed E-state index contributed by atoms with van der Waals surface area (Å²) in [5.41, 5.74) is 3.42. The maximum atomic E-state index is 6.15. The Balaban J connectivity index is 1.94. The maximum absolute atomic E-state index is 6.15. The molecule has 4 heteroatoms. The minimum Gasteiger partial charge on any atom is -0.381 e. The summed E-state index contributed by atoms with van der Waals surface area (Å²) in [4.78, 5) is 5.70. The van der Waals surface area contributed by atoms with Crippen LogP contribution in [0.2, 0.25) is 0 Å². The van der Waals surface area contributed by atoms with Crippen molar-refractivity contribution in [3.05, 3.63) is 16.1 Å². The van der Waals surface area contributed by atoms with Crippen LogP contribution in [0.25, 0.3) is 0 Å². The van der Waals surface area contributed by atoms with E-state index in [1.807, 2.05) is 5.51 Å². The van der Waals surface area contributed by atoms with Crippen molar-refractivity contribution < 1.29 is 4.74 Å². The van der Waals surface area contributed by atoms with Crippen molar-refractivity contribution >= 4 is 22.9 Å². The molecule has 16 heavy (non-hydrogen) atoms. The van der Waals surface area contributed by atoms with Gasteiger partial charge in [0.05, 0.1) is 11.2 Å². The molecule has 2 heterocycles. The number of ether oxygens (including phenoxy) is 1. The van der Waals surface area contributed by atoms with Gasteiger partial charge in [0.15, 0.2) is 0 Å². The number of aryl methyl sites for hydroxylation is 2. The van der Waals surface area contributed by atoms with Crippen LogP contribution in [0, 0.1) is 12.3 Å². The summed E-state index contributed by atoms with van der Waals surface area (Å²) in [6, 6.07) is 0. The van der Waals surface area contributed by atoms with E-state index in [0.717, 1.165) is 38.4 Å². The number of aromatic nitrogens is 1. The third kappa shape index (κ3) is 2.76. The number of alkyl halides is 1. The molecule has 0 unspecified atom stereocenters. The highest BCUT2D eigenvalue weighted by atomic mass is 35.5. The SMILES string of the molecule is Cc1ncsc1CCC1(CCl)CCOCC1. The van der Waals surface area contributed by atoms with Crippen LogP contribution in [0.1, 0.15) is 29.8 Å². The van der Waals surface area contributed by atoms with Crippen LogP contribution in [0.5, 0.6) is 0 Å². The second kappa shape index (κ2) is 5.48. The molecule has 0 aromatic carbocycles. The Labute approximate surface area is 106 Å². The van der Waals surface area contributed by atoms with E-state index in [1.165, 1.54) is 17.0 Å². The fourth-order valence-electron chi connectivity index (χ4n) is 2.20. The predicted octanol–water partition coefficient (Wildman–Crippen LogP) is 3.42. The first kappa shape index (κ1) is 12.3. The molecule has 0 saturated carbocycles. The first-order valence-electron chi connectivity index (χ1n) is 5.78. The summed E-state index contributed by atoms with van der Waals surface area (Å²) in [6.45, 7) is 3.83. The molecule has 1 fully saturated rings. The van der Waals surface area contributed by atoms with E-state index in [-0.39, 0.29) is 0 Å². The van der Waals surface area contributed by atoms with Crippen LogP contribution in [0.15, 0.2) is 5.51 Å². The Kier molecular flexibility index (Phi) is 4.22. The van der Waals surface area contributed by atoms with Crippen LogP contribution >= 0.6 is 22.9 Å². The minimum absolute atomic E-state index is 0.302. The van der Waals surface area contributed by atoms with Crippen molar-refractivity contribution in [1.82, 2.24) is 4.98 Å². The maximum Gasteiger partial charge on any atom is 0.0797 e. The molecule has 1 aromatic rings. The molecule has 0 aliphatic carbocycles. The fraction of sp³-hybridized carbons (Fsp3) is 0.750. The van der Waals surface area contributed by atoms with E-state index >= 15 is 0 Å². The largest absolute Gasteiger partial charge is 0.381 e. The Morgan fingerprint density at radius 2 is 2.25 bits per heavy atom. The zero-order valence-corrected chi connectivity index (χ0v) is 11.2. The summed E-state index contributed by atoms with van der Waals surface area (Å²) in [5, 5.41) is 0. The lowest BCUT2D eigenvalue weighted by atomic mass is 9.78. The summed E-state index contributed by atoms with van der Waals surface area (Å²) < 4.78 is 5.42. The van der Waals surface area contributed by atoms with Crippen molar-refractivity contribution in [3.8, 4) is 0 Å². The fourth-order valence-corrected chi connectivity index (χ4v) is 3.38. The van der Waals surface area contributed by atoms with E-state index in [4.69, 9.17) is 16.3 Å². The Hall–Kier alpha value is -0.120. The van der Waals surface area contributed by atoms with Crippen LogP contribution in [-0.4, -0.2) is 24.1 Å². The van der Waals surface area contributed by atoms with Crippen LogP contribution < -0.4 is 0 Å². The lowest BCUT2D eigenvalue weighted by molar-refractivity contribution is 0.0218. The van der Waals surface area contributed by atoms with E-state index in [0.29, 0.717) is 5.41 Å². The summed E-state index contributed by atoms with van der Waals surface area (Å²) >= 11 is 7.91. The van der Waals surface area contributed by atoms with Crippen LogP contribution in [0.4, 0.5) is 0 Å². The molecular weight excluding hydrogens is 242 g/mol. The second-order valence-electron chi connectivity index (χ2n) is 4.61. The van der Waals surface area contributed by atoms with Gasteiger partial charge in [-0.1, -0.05) is 0 Å². The van der Waals surface area contributed by atoms with E-state index < -0.39 is 0 Å². The molecule has 0 radical (unpaired) electrons. The molecule has 1 aromatic heterocycles. The van der Waals surface area contributed by atoms with Crippen molar-refractivity contribution in [3.63, 3.8) is 0 Å². The second-order valence-corrected chi connectivity index (χ2v) is 5.81. The van der Waals surface area contributed by atoms with Crippen molar-refractivity contribution in [2.75, 3.05) is 19.1 Å². The van der Waals surface area contributed by atoms with Gasteiger partial charge in [-0.05, 0) is 38.0 Å². The molecule has 0 amide bonds. The van der Waals surface area contributed by atoms with Crippen LogP contribution in [0.3, 0.4) is 0 Å².